The largest absolute Gasteiger partial charge is 0.135 e. The van der Waals surface area contributed by atoms with Crippen LogP contribution in [0.15, 0.2) is 158 Å². The van der Waals surface area contributed by atoms with Crippen molar-refractivity contribution in [3.05, 3.63) is 158 Å². The Morgan fingerprint density at radius 1 is 0.192 bits per heavy atom. The monoisotopic (exact) mass is 730 g/mol. The lowest BCUT2D eigenvalue weighted by molar-refractivity contribution is 1.71. The van der Waals surface area contributed by atoms with Gasteiger partial charge in [0.05, 0.1) is 0 Å². The van der Waals surface area contributed by atoms with E-state index in [9.17, 15) is 0 Å². The van der Waals surface area contributed by atoms with Crippen LogP contribution < -0.4 is 0 Å². The topological polar surface area (TPSA) is 0 Å². The highest BCUT2D eigenvalue weighted by Crippen LogP contribution is 2.43. The van der Waals surface area contributed by atoms with Crippen LogP contribution in [0.2, 0.25) is 0 Å². The molecule has 0 fully saturated rings. The van der Waals surface area contributed by atoms with Crippen molar-refractivity contribution >= 4 is 126 Å². The van der Waals surface area contributed by atoms with Crippen LogP contribution >= 0.6 is 45.3 Å². The molecule has 4 heterocycles. The molecule has 0 nitrogen and oxygen atoms in total. The van der Waals surface area contributed by atoms with E-state index < -0.39 is 0 Å². The van der Waals surface area contributed by atoms with E-state index in [1.807, 2.05) is 45.3 Å². The van der Waals surface area contributed by atoms with Gasteiger partial charge in [0.1, 0.15) is 0 Å². The molecule has 8 aromatic carbocycles. The van der Waals surface area contributed by atoms with Crippen LogP contribution in [0, 0.1) is 0 Å². The van der Waals surface area contributed by atoms with Crippen molar-refractivity contribution in [2.75, 3.05) is 0 Å². The van der Waals surface area contributed by atoms with Gasteiger partial charge in [0.15, 0.2) is 0 Å². The zero-order valence-corrected chi connectivity index (χ0v) is 30.9. The van der Waals surface area contributed by atoms with Gasteiger partial charge < -0.3 is 0 Å². The molecule has 52 heavy (non-hydrogen) atoms. The highest BCUT2D eigenvalue weighted by molar-refractivity contribution is 7.27. The maximum Gasteiger partial charge on any atom is 0.0355 e. The van der Waals surface area contributed by atoms with Gasteiger partial charge in [-0.2, -0.15) is 0 Å². The Morgan fingerprint density at radius 3 is 0.673 bits per heavy atom. The minimum Gasteiger partial charge on any atom is -0.135 e. The molecule has 0 saturated carbocycles. The van der Waals surface area contributed by atoms with Crippen LogP contribution in [0.5, 0.6) is 0 Å². The van der Waals surface area contributed by atoms with Gasteiger partial charge in [-0.15, -0.1) is 45.3 Å². The normalized spacial score (nSPS) is 12.2. The third-order valence-electron chi connectivity index (χ3n) is 10.7. The van der Waals surface area contributed by atoms with E-state index in [0.29, 0.717) is 0 Å². The number of hydrogen-bond donors (Lipinski definition) is 0. The van der Waals surface area contributed by atoms with Crippen molar-refractivity contribution in [3.8, 4) is 33.4 Å². The molecule has 0 bridgehead atoms. The average molecular weight is 731 g/mol. The SMILES string of the molecule is c1ccc2c(c1)sc1ccc(-c3ccc4sc5ccc(-c6ccc7sc8ccc(-c9ccc%10sc%11ccccc%11c%10c9)cc8c7c6)cc5c4c3)cc12. The van der Waals surface area contributed by atoms with Crippen molar-refractivity contribution in [3.63, 3.8) is 0 Å². The molecule has 0 N–H and O–H groups in total. The third-order valence-corrected chi connectivity index (χ3v) is 15.3. The molecule has 0 saturated heterocycles. The molecule has 0 aliphatic heterocycles. The quantitative estimate of drug-likeness (QED) is 0.170. The van der Waals surface area contributed by atoms with E-state index in [4.69, 9.17) is 0 Å². The summed E-state index contributed by atoms with van der Waals surface area (Å²) in [5, 5.41) is 10.7. The number of hydrogen-bond acceptors (Lipinski definition) is 4. The lowest BCUT2D eigenvalue weighted by atomic mass is 9.98. The fourth-order valence-electron chi connectivity index (χ4n) is 8.08. The van der Waals surface area contributed by atoms with Gasteiger partial charge in [0.2, 0.25) is 0 Å². The van der Waals surface area contributed by atoms with Crippen LogP contribution in [0.3, 0.4) is 0 Å². The van der Waals surface area contributed by atoms with Crippen molar-refractivity contribution in [1.82, 2.24) is 0 Å². The fourth-order valence-corrected chi connectivity index (χ4v) is 12.4. The average Bonchev–Trinajstić information content (AvgIpc) is 3.96. The third kappa shape index (κ3) is 4.42. The molecule has 4 aromatic heterocycles. The van der Waals surface area contributed by atoms with E-state index in [1.54, 1.807) is 0 Å². The second-order valence-corrected chi connectivity index (χ2v) is 18.0. The van der Waals surface area contributed by atoms with Crippen LogP contribution in [0.25, 0.3) is 114 Å². The molecule has 0 spiro atoms. The summed E-state index contributed by atoms with van der Waals surface area (Å²) in [5.74, 6) is 0. The Morgan fingerprint density at radius 2 is 0.404 bits per heavy atom. The molecule has 12 rings (SSSR count). The van der Waals surface area contributed by atoms with Crippen molar-refractivity contribution in [2.45, 2.75) is 0 Å². The molecule has 0 radical (unpaired) electrons. The van der Waals surface area contributed by atoms with Gasteiger partial charge in [-0.25, -0.2) is 0 Å². The zero-order valence-electron chi connectivity index (χ0n) is 27.6. The Bertz CT molecular complexity index is 3190. The predicted molar refractivity (Wildman–Crippen MR) is 234 cm³/mol. The fraction of sp³-hybridized carbons (Fsp3) is 0. The van der Waals surface area contributed by atoms with E-state index in [1.165, 1.54) is 114 Å². The summed E-state index contributed by atoms with van der Waals surface area (Å²) >= 11 is 7.52. The second kappa shape index (κ2) is 11.1. The van der Waals surface area contributed by atoms with Gasteiger partial charge in [0, 0.05) is 80.7 Å². The van der Waals surface area contributed by atoms with E-state index >= 15 is 0 Å². The minimum absolute atomic E-state index is 1.26. The van der Waals surface area contributed by atoms with E-state index in [0.717, 1.165) is 0 Å². The Hall–Kier alpha value is -5.36. The van der Waals surface area contributed by atoms with Crippen LogP contribution in [0.4, 0.5) is 0 Å². The number of rotatable bonds is 3. The number of fused-ring (bicyclic) bond motifs is 12. The Kier molecular flexibility index (Phi) is 6.23. The summed E-state index contributed by atoms with van der Waals surface area (Å²) in [4.78, 5) is 0. The molecular weight excluding hydrogens is 705 g/mol. The Labute approximate surface area is 315 Å². The second-order valence-electron chi connectivity index (χ2n) is 13.7. The van der Waals surface area contributed by atoms with Crippen LogP contribution in [0.1, 0.15) is 0 Å². The molecular formula is C48H26S4. The van der Waals surface area contributed by atoms with Crippen LogP contribution in [-0.2, 0) is 0 Å². The van der Waals surface area contributed by atoms with Gasteiger partial charge in [-0.1, -0.05) is 72.8 Å². The molecule has 12 aromatic rings. The molecule has 0 atom stereocenters. The molecule has 0 amide bonds. The molecule has 0 aliphatic rings. The highest BCUT2D eigenvalue weighted by Gasteiger charge is 2.14. The molecule has 0 aliphatic carbocycles. The molecule has 0 unspecified atom stereocenters. The van der Waals surface area contributed by atoms with Crippen molar-refractivity contribution < 1.29 is 0 Å². The van der Waals surface area contributed by atoms with Gasteiger partial charge in [-0.05, 0) is 118 Å². The predicted octanol–water partition coefficient (Wildman–Crippen LogP) is 16.2. The van der Waals surface area contributed by atoms with Crippen molar-refractivity contribution in [1.29, 1.82) is 0 Å². The molecule has 4 heteroatoms. The summed E-state index contributed by atoms with van der Waals surface area (Å²) < 4.78 is 10.7. The minimum atomic E-state index is 1.26. The van der Waals surface area contributed by atoms with Crippen LogP contribution in [-0.4, -0.2) is 0 Å². The smallest absolute Gasteiger partial charge is 0.0355 e. The summed E-state index contributed by atoms with van der Waals surface area (Å²) in [5.41, 5.74) is 7.59. The van der Waals surface area contributed by atoms with E-state index in [-0.39, 0.29) is 0 Å². The molecule has 242 valence electrons. The maximum atomic E-state index is 2.41. The van der Waals surface area contributed by atoms with Gasteiger partial charge >= 0.3 is 0 Å². The lowest BCUT2D eigenvalue weighted by Gasteiger charge is -2.06. The summed E-state index contributed by atoms with van der Waals surface area (Å²) in [6.45, 7) is 0. The van der Waals surface area contributed by atoms with Crippen molar-refractivity contribution in [2.24, 2.45) is 0 Å². The summed E-state index contributed by atoms with van der Waals surface area (Å²) in [6, 6.07) is 59.5. The first-order chi connectivity index (χ1) is 25.7. The zero-order chi connectivity index (χ0) is 33.9. The number of benzene rings is 8. The first-order valence-corrected chi connectivity index (χ1v) is 20.7. The lowest BCUT2D eigenvalue weighted by Crippen LogP contribution is -1.80. The van der Waals surface area contributed by atoms with Gasteiger partial charge in [-0.3, -0.25) is 0 Å². The maximum absolute atomic E-state index is 2.41. The summed E-state index contributed by atoms with van der Waals surface area (Å²) in [7, 11) is 0. The highest BCUT2D eigenvalue weighted by atomic mass is 32.1. The standard InChI is InChI=1S/C48H26S4/c1-3-7-41-33(5-1)35-21-27(9-15-43(35)49-41)29-11-17-45-37(23-29)39-25-31(13-19-47(39)51-45)32-14-20-48-40(26-32)38-24-30(12-18-46(38)52-48)28-10-16-44-36(22-28)34-6-2-4-8-42(34)50-44/h1-26H. The van der Waals surface area contributed by atoms with Gasteiger partial charge in [0.25, 0.3) is 0 Å². The Balaban J connectivity index is 0.957. The first kappa shape index (κ1) is 29.2. The summed E-state index contributed by atoms with van der Waals surface area (Å²) in [6.07, 6.45) is 0. The first-order valence-electron chi connectivity index (χ1n) is 17.5. The number of thiophene rings is 4. The van der Waals surface area contributed by atoms with E-state index in [2.05, 4.69) is 158 Å².